The molecule has 2 nitrogen and oxygen atoms in total. The van der Waals surface area contributed by atoms with Crippen molar-refractivity contribution in [2.45, 2.75) is 23.5 Å². The number of rotatable bonds is 7. The Bertz CT molecular complexity index is 371. The number of ether oxygens (including phenoxy) is 1. The minimum atomic E-state index is 0.0887. The standard InChI is InChI=1S/C14H18O2S2/c15-8-6-14(17-10-11-18-14)7-9-16-12-13-4-2-1-3-5-13/h1-5,10-11,15H,6-9,12H2. The van der Waals surface area contributed by atoms with Gasteiger partial charge in [-0.25, -0.2) is 0 Å². The summed E-state index contributed by atoms with van der Waals surface area (Å²) < 4.78 is 5.81. The van der Waals surface area contributed by atoms with Crippen LogP contribution < -0.4 is 0 Å². The molecular weight excluding hydrogens is 264 g/mol. The number of thioether (sulfide) groups is 2. The zero-order valence-corrected chi connectivity index (χ0v) is 11.9. The van der Waals surface area contributed by atoms with Crippen LogP contribution in [0.2, 0.25) is 0 Å². The van der Waals surface area contributed by atoms with Gasteiger partial charge in [-0.1, -0.05) is 30.3 Å². The fourth-order valence-electron chi connectivity index (χ4n) is 1.85. The second kappa shape index (κ2) is 7.24. The molecule has 18 heavy (non-hydrogen) atoms. The molecule has 0 radical (unpaired) electrons. The first-order valence-corrected chi connectivity index (χ1v) is 7.84. The number of hydrogen-bond donors (Lipinski definition) is 1. The maximum Gasteiger partial charge on any atom is 0.0737 e. The third kappa shape index (κ3) is 4.05. The highest BCUT2D eigenvalue weighted by atomic mass is 32.2. The van der Waals surface area contributed by atoms with Crippen molar-refractivity contribution in [2.24, 2.45) is 0 Å². The van der Waals surface area contributed by atoms with Crippen molar-refractivity contribution in [1.82, 2.24) is 0 Å². The first-order chi connectivity index (χ1) is 8.85. The lowest BCUT2D eigenvalue weighted by Crippen LogP contribution is -2.21. The number of hydrogen-bond acceptors (Lipinski definition) is 4. The van der Waals surface area contributed by atoms with Gasteiger partial charge in [0.2, 0.25) is 0 Å². The zero-order chi connectivity index (χ0) is 12.7. The number of aliphatic hydroxyl groups excluding tert-OH is 1. The topological polar surface area (TPSA) is 29.5 Å². The molecule has 0 saturated heterocycles. The summed E-state index contributed by atoms with van der Waals surface area (Å²) in [7, 11) is 0. The third-order valence-electron chi connectivity index (χ3n) is 2.85. The number of benzene rings is 1. The van der Waals surface area contributed by atoms with E-state index in [2.05, 4.69) is 22.9 Å². The highest BCUT2D eigenvalue weighted by Gasteiger charge is 2.32. The van der Waals surface area contributed by atoms with Crippen LogP contribution in [0.15, 0.2) is 41.1 Å². The molecule has 4 heteroatoms. The molecule has 98 valence electrons. The zero-order valence-electron chi connectivity index (χ0n) is 10.2. The normalized spacial score (nSPS) is 17.2. The van der Waals surface area contributed by atoms with E-state index in [1.54, 1.807) is 23.5 Å². The van der Waals surface area contributed by atoms with Crippen LogP contribution in [0.1, 0.15) is 18.4 Å². The van der Waals surface area contributed by atoms with E-state index in [0.717, 1.165) is 19.4 Å². The van der Waals surface area contributed by atoms with Gasteiger partial charge in [-0.15, -0.1) is 23.5 Å². The Morgan fingerprint density at radius 1 is 1.06 bits per heavy atom. The van der Waals surface area contributed by atoms with Gasteiger partial charge in [0.05, 0.1) is 10.7 Å². The monoisotopic (exact) mass is 282 g/mol. The molecule has 1 aliphatic rings. The van der Waals surface area contributed by atoms with Crippen LogP contribution in [0, 0.1) is 0 Å². The predicted molar refractivity (Wildman–Crippen MR) is 79.5 cm³/mol. The Morgan fingerprint density at radius 3 is 2.44 bits per heavy atom. The van der Waals surface area contributed by atoms with Crippen LogP contribution in [-0.2, 0) is 11.3 Å². The van der Waals surface area contributed by atoms with Crippen LogP contribution in [0.4, 0.5) is 0 Å². The summed E-state index contributed by atoms with van der Waals surface area (Å²) in [6.07, 6.45) is 1.77. The summed E-state index contributed by atoms with van der Waals surface area (Å²) in [4.78, 5) is 0. The van der Waals surface area contributed by atoms with E-state index in [0.29, 0.717) is 6.61 Å². The van der Waals surface area contributed by atoms with E-state index >= 15 is 0 Å². The minimum absolute atomic E-state index is 0.0887. The van der Waals surface area contributed by atoms with Crippen LogP contribution in [-0.4, -0.2) is 22.4 Å². The quantitative estimate of drug-likeness (QED) is 0.773. The van der Waals surface area contributed by atoms with Crippen LogP contribution in [0.5, 0.6) is 0 Å². The van der Waals surface area contributed by atoms with Gasteiger partial charge in [0, 0.05) is 13.2 Å². The molecule has 0 aliphatic carbocycles. The molecular formula is C14H18O2S2. The molecule has 1 aromatic rings. The summed E-state index contributed by atoms with van der Waals surface area (Å²) in [5.74, 6) is 0. The summed E-state index contributed by atoms with van der Waals surface area (Å²) in [5.41, 5.74) is 1.21. The van der Waals surface area contributed by atoms with Gasteiger partial charge in [0.1, 0.15) is 0 Å². The molecule has 1 heterocycles. The number of aliphatic hydroxyl groups is 1. The highest BCUT2D eigenvalue weighted by molar-refractivity contribution is 8.23. The Hall–Kier alpha value is -0.420. The van der Waals surface area contributed by atoms with Crippen molar-refractivity contribution in [3.63, 3.8) is 0 Å². The maximum atomic E-state index is 9.13. The van der Waals surface area contributed by atoms with Crippen molar-refractivity contribution in [2.75, 3.05) is 13.2 Å². The Labute approximate surface area is 117 Å². The molecule has 2 rings (SSSR count). The molecule has 0 spiro atoms. The van der Waals surface area contributed by atoms with Crippen molar-refractivity contribution in [3.8, 4) is 0 Å². The van der Waals surface area contributed by atoms with Crippen LogP contribution in [0.3, 0.4) is 0 Å². The molecule has 0 saturated carbocycles. The first-order valence-electron chi connectivity index (χ1n) is 6.08. The van der Waals surface area contributed by atoms with E-state index in [1.165, 1.54) is 5.56 Å². The van der Waals surface area contributed by atoms with E-state index in [1.807, 2.05) is 18.2 Å². The fraction of sp³-hybridized carbons (Fsp3) is 0.429. The van der Waals surface area contributed by atoms with Crippen molar-refractivity contribution in [1.29, 1.82) is 0 Å². The lowest BCUT2D eigenvalue weighted by molar-refractivity contribution is 0.115. The van der Waals surface area contributed by atoms with Crippen LogP contribution in [0.25, 0.3) is 0 Å². The maximum absolute atomic E-state index is 9.13. The van der Waals surface area contributed by atoms with E-state index in [-0.39, 0.29) is 10.7 Å². The van der Waals surface area contributed by atoms with E-state index in [9.17, 15) is 0 Å². The summed E-state index contributed by atoms with van der Waals surface area (Å²) in [6.45, 7) is 1.63. The highest BCUT2D eigenvalue weighted by Crippen LogP contribution is 2.49. The van der Waals surface area contributed by atoms with E-state index < -0.39 is 0 Å². The summed E-state index contributed by atoms with van der Waals surface area (Å²) >= 11 is 3.61. The van der Waals surface area contributed by atoms with Gasteiger partial charge in [0.25, 0.3) is 0 Å². The molecule has 0 unspecified atom stereocenters. The molecule has 1 aromatic carbocycles. The fourth-order valence-corrected chi connectivity index (χ4v) is 4.17. The molecule has 0 bridgehead atoms. The lowest BCUT2D eigenvalue weighted by Gasteiger charge is -2.26. The summed E-state index contributed by atoms with van der Waals surface area (Å²) in [5, 5.41) is 13.3. The van der Waals surface area contributed by atoms with Crippen molar-refractivity contribution < 1.29 is 9.84 Å². The van der Waals surface area contributed by atoms with Gasteiger partial charge in [-0.2, -0.15) is 0 Å². The predicted octanol–water partition coefficient (Wildman–Crippen LogP) is 3.62. The first kappa shape index (κ1) is 14.0. The molecule has 0 fully saturated rings. The second-order valence-corrected chi connectivity index (χ2v) is 7.02. The largest absolute Gasteiger partial charge is 0.396 e. The third-order valence-corrected chi connectivity index (χ3v) is 5.82. The van der Waals surface area contributed by atoms with Crippen molar-refractivity contribution >= 4 is 23.5 Å². The van der Waals surface area contributed by atoms with Gasteiger partial charge >= 0.3 is 0 Å². The average Bonchev–Trinajstić information content (AvgIpc) is 2.86. The Morgan fingerprint density at radius 2 is 1.78 bits per heavy atom. The molecule has 1 aliphatic heterocycles. The van der Waals surface area contributed by atoms with Gasteiger partial charge in [-0.3, -0.25) is 0 Å². The van der Waals surface area contributed by atoms with Gasteiger partial charge in [0.15, 0.2) is 0 Å². The van der Waals surface area contributed by atoms with Gasteiger partial charge in [-0.05, 0) is 29.2 Å². The van der Waals surface area contributed by atoms with E-state index in [4.69, 9.17) is 9.84 Å². The Balaban J connectivity index is 1.71. The molecule has 0 atom stereocenters. The van der Waals surface area contributed by atoms with Gasteiger partial charge < -0.3 is 9.84 Å². The molecule has 0 amide bonds. The minimum Gasteiger partial charge on any atom is -0.396 e. The Kier molecular flexibility index (Phi) is 5.63. The average molecular weight is 282 g/mol. The lowest BCUT2D eigenvalue weighted by atomic mass is 10.2. The van der Waals surface area contributed by atoms with Crippen molar-refractivity contribution in [3.05, 3.63) is 46.7 Å². The summed E-state index contributed by atoms with van der Waals surface area (Å²) in [6, 6.07) is 10.2. The van der Waals surface area contributed by atoms with Crippen LogP contribution >= 0.6 is 23.5 Å². The molecule has 1 N–H and O–H groups in total. The SMILES string of the molecule is OCCC1(CCOCc2ccccc2)SC=CS1. The second-order valence-electron chi connectivity index (χ2n) is 4.18. The smallest absolute Gasteiger partial charge is 0.0737 e. The molecule has 0 aromatic heterocycles.